The van der Waals surface area contributed by atoms with E-state index in [1.54, 1.807) is 0 Å². The zero-order valence-electron chi connectivity index (χ0n) is 11.1. The van der Waals surface area contributed by atoms with E-state index in [1.807, 2.05) is 0 Å². The summed E-state index contributed by atoms with van der Waals surface area (Å²) in [6.07, 6.45) is -0.0295. The molecule has 0 radical (unpaired) electrons. The minimum absolute atomic E-state index is 0.209. The van der Waals surface area contributed by atoms with Gasteiger partial charge in [0, 0.05) is 23.5 Å². The van der Waals surface area contributed by atoms with Crippen LogP contribution >= 0.6 is 0 Å². The van der Waals surface area contributed by atoms with Crippen LogP contribution in [0, 0.1) is 11.6 Å². The summed E-state index contributed by atoms with van der Waals surface area (Å²) < 4.78 is 26.3. The Morgan fingerprint density at radius 2 is 2.05 bits per heavy atom. The Balaban J connectivity index is 1.81. The fourth-order valence-corrected chi connectivity index (χ4v) is 2.51. The number of H-pyrrole nitrogens is 1. The van der Waals surface area contributed by atoms with Crippen molar-refractivity contribution in [2.75, 3.05) is 13.1 Å². The number of rotatable bonds is 2. The summed E-state index contributed by atoms with van der Waals surface area (Å²) in [6.45, 7) is 1.14. The van der Waals surface area contributed by atoms with Crippen LogP contribution in [0.5, 0.6) is 0 Å². The number of piperidine rings is 1. The van der Waals surface area contributed by atoms with Crippen molar-refractivity contribution in [3.05, 3.63) is 35.5 Å². The number of halogens is 2. The standard InChI is InChI=1S/C14H15F2N3O2/c15-8-3-7-4-12(18-11(7)5-9(8)16)14(21)19-10-1-2-17-6-13(10)20/h3-5,10,13,17-18,20H,1-2,6H2,(H,19,21)/t10-,13-/m1/s1. The quantitative estimate of drug-likeness (QED) is 0.665. The highest BCUT2D eigenvalue weighted by Gasteiger charge is 2.25. The molecule has 4 N–H and O–H groups in total. The van der Waals surface area contributed by atoms with E-state index < -0.39 is 23.6 Å². The molecule has 0 aliphatic carbocycles. The van der Waals surface area contributed by atoms with Crippen LogP contribution in [0.3, 0.4) is 0 Å². The van der Waals surface area contributed by atoms with E-state index in [-0.39, 0.29) is 11.7 Å². The number of nitrogens with one attached hydrogen (secondary N) is 3. The molecule has 1 fully saturated rings. The highest BCUT2D eigenvalue weighted by molar-refractivity contribution is 5.98. The van der Waals surface area contributed by atoms with Crippen molar-refractivity contribution in [3.8, 4) is 0 Å². The van der Waals surface area contributed by atoms with Crippen molar-refractivity contribution in [2.24, 2.45) is 0 Å². The van der Waals surface area contributed by atoms with Gasteiger partial charge in [0.1, 0.15) is 5.69 Å². The molecule has 1 aromatic heterocycles. The van der Waals surface area contributed by atoms with Crippen LogP contribution in [-0.2, 0) is 0 Å². The molecule has 21 heavy (non-hydrogen) atoms. The largest absolute Gasteiger partial charge is 0.390 e. The average molecular weight is 295 g/mol. The van der Waals surface area contributed by atoms with Gasteiger partial charge in [0.15, 0.2) is 11.6 Å². The number of aliphatic hydroxyl groups is 1. The lowest BCUT2D eigenvalue weighted by Gasteiger charge is -2.28. The van der Waals surface area contributed by atoms with E-state index in [0.717, 1.165) is 12.1 Å². The van der Waals surface area contributed by atoms with E-state index in [2.05, 4.69) is 15.6 Å². The van der Waals surface area contributed by atoms with Gasteiger partial charge in [-0.1, -0.05) is 0 Å². The zero-order valence-corrected chi connectivity index (χ0v) is 11.1. The summed E-state index contributed by atoms with van der Waals surface area (Å²) in [4.78, 5) is 14.9. The molecule has 7 heteroatoms. The van der Waals surface area contributed by atoms with Crippen LogP contribution < -0.4 is 10.6 Å². The predicted molar refractivity (Wildman–Crippen MR) is 73.0 cm³/mol. The molecule has 0 unspecified atom stereocenters. The molecule has 0 bridgehead atoms. The molecule has 2 heterocycles. The van der Waals surface area contributed by atoms with Crippen molar-refractivity contribution in [3.63, 3.8) is 0 Å². The molecule has 1 amide bonds. The SMILES string of the molecule is O=C(N[C@@H]1CCNC[C@H]1O)c1cc2cc(F)c(F)cc2[nH]1. The van der Waals surface area contributed by atoms with Crippen LogP contribution in [0.25, 0.3) is 10.9 Å². The number of carbonyl (C=O) groups is 1. The van der Waals surface area contributed by atoms with Gasteiger partial charge in [0.2, 0.25) is 0 Å². The van der Waals surface area contributed by atoms with E-state index >= 15 is 0 Å². The summed E-state index contributed by atoms with van der Waals surface area (Å²) >= 11 is 0. The second-order valence-electron chi connectivity index (χ2n) is 5.18. The fraction of sp³-hybridized carbons (Fsp3) is 0.357. The molecule has 1 aliphatic heterocycles. The number of β-amino-alcohol motifs (C(OH)–C–C–N with tert-alkyl or cyclic N) is 1. The summed E-state index contributed by atoms with van der Waals surface area (Å²) in [6, 6.07) is 3.18. The summed E-state index contributed by atoms with van der Waals surface area (Å²) in [5.41, 5.74) is 0.561. The van der Waals surface area contributed by atoms with Crippen molar-refractivity contribution in [1.29, 1.82) is 0 Å². The summed E-state index contributed by atoms with van der Waals surface area (Å²) in [5, 5.41) is 16.0. The van der Waals surface area contributed by atoms with Gasteiger partial charge in [0.25, 0.3) is 5.91 Å². The second kappa shape index (κ2) is 5.42. The topological polar surface area (TPSA) is 77.2 Å². The maximum Gasteiger partial charge on any atom is 0.268 e. The van der Waals surface area contributed by atoms with Gasteiger partial charge < -0.3 is 20.7 Å². The van der Waals surface area contributed by atoms with E-state index in [0.29, 0.717) is 30.4 Å². The first-order valence-electron chi connectivity index (χ1n) is 6.72. The number of hydrogen-bond donors (Lipinski definition) is 4. The molecular formula is C14H15F2N3O2. The first kappa shape index (κ1) is 14.0. The van der Waals surface area contributed by atoms with Crippen LogP contribution in [0.4, 0.5) is 8.78 Å². The van der Waals surface area contributed by atoms with Gasteiger partial charge in [-0.25, -0.2) is 8.78 Å². The molecule has 112 valence electrons. The van der Waals surface area contributed by atoms with E-state index in [9.17, 15) is 18.7 Å². The van der Waals surface area contributed by atoms with Gasteiger partial charge in [-0.15, -0.1) is 0 Å². The molecule has 1 aliphatic rings. The number of fused-ring (bicyclic) bond motifs is 1. The normalized spacial score (nSPS) is 22.4. The first-order valence-corrected chi connectivity index (χ1v) is 6.72. The molecule has 1 aromatic carbocycles. The lowest BCUT2D eigenvalue weighted by atomic mass is 10.0. The van der Waals surface area contributed by atoms with Gasteiger partial charge in [0.05, 0.1) is 12.1 Å². The van der Waals surface area contributed by atoms with Gasteiger partial charge >= 0.3 is 0 Å². The molecule has 0 spiro atoms. The van der Waals surface area contributed by atoms with Crippen LogP contribution in [0.2, 0.25) is 0 Å². The third-order valence-electron chi connectivity index (χ3n) is 3.67. The number of aliphatic hydroxyl groups excluding tert-OH is 1. The lowest BCUT2D eigenvalue weighted by molar-refractivity contribution is 0.0762. The first-order chi connectivity index (χ1) is 10.0. The van der Waals surface area contributed by atoms with Crippen molar-refractivity contribution < 1.29 is 18.7 Å². The smallest absolute Gasteiger partial charge is 0.268 e. The van der Waals surface area contributed by atoms with Crippen LogP contribution in [-0.4, -0.2) is 41.2 Å². The number of aromatic amines is 1. The number of benzene rings is 1. The number of hydrogen-bond acceptors (Lipinski definition) is 3. The number of aromatic nitrogens is 1. The van der Waals surface area contributed by atoms with E-state index in [4.69, 9.17) is 0 Å². The Kier molecular flexibility index (Phi) is 3.60. The monoisotopic (exact) mass is 295 g/mol. The minimum atomic E-state index is -0.968. The molecule has 5 nitrogen and oxygen atoms in total. The summed E-state index contributed by atoms with van der Waals surface area (Å²) in [7, 11) is 0. The van der Waals surface area contributed by atoms with Crippen molar-refractivity contribution >= 4 is 16.8 Å². The Bertz CT molecular complexity index is 647. The molecule has 0 saturated carbocycles. The molecule has 2 atom stereocenters. The predicted octanol–water partition coefficient (Wildman–Crippen LogP) is 0.899. The molecule has 1 saturated heterocycles. The van der Waals surface area contributed by atoms with Crippen molar-refractivity contribution in [1.82, 2.24) is 15.6 Å². The number of carbonyl (C=O) groups excluding carboxylic acids is 1. The Hall–Kier alpha value is -1.99. The molecular weight excluding hydrogens is 280 g/mol. The van der Waals surface area contributed by atoms with Crippen LogP contribution in [0.1, 0.15) is 16.9 Å². The fourth-order valence-electron chi connectivity index (χ4n) is 2.51. The third-order valence-corrected chi connectivity index (χ3v) is 3.67. The third kappa shape index (κ3) is 2.74. The van der Waals surface area contributed by atoms with Crippen molar-refractivity contribution in [2.45, 2.75) is 18.6 Å². The van der Waals surface area contributed by atoms with Crippen LogP contribution in [0.15, 0.2) is 18.2 Å². The number of amides is 1. The van der Waals surface area contributed by atoms with Gasteiger partial charge in [-0.05, 0) is 25.1 Å². The van der Waals surface area contributed by atoms with E-state index in [1.165, 1.54) is 6.07 Å². The zero-order chi connectivity index (χ0) is 15.0. The maximum atomic E-state index is 13.2. The second-order valence-corrected chi connectivity index (χ2v) is 5.18. The highest BCUT2D eigenvalue weighted by atomic mass is 19.2. The van der Waals surface area contributed by atoms with Gasteiger partial charge in [-0.3, -0.25) is 4.79 Å². The highest BCUT2D eigenvalue weighted by Crippen LogP contribution is 2.19. The van der Waals surface area contributed by atoms with Gasteiger partial charge in [-0.2, -0.15) is 0 Å². The minimum Gasteiger partial charge on any atom is -0.390 e. The lowest BCUT2D eigenvalue weighted by Crippen LogP contribution is -2.52. The summed E-state index contributed by atoms with van der Waals surface area (Å²) in [5.74, 6) is -2.33. The maximum absolute atomic E-state index is 13.2. The molecule has 2 aromatic rings. The average Bonchev–Trinajstić information content (AvgIpc) is 2.85. The molecule has 3 rings (SSSR count). The Labute approximate surface area is 119 Å². The Morgan fingerprint density at radius 1 is 1.29 bits per heavy atom. The Morgan fingerprint density at radius 3 is 2.81 bits per heavy atom.